The van der Waals surface area contributed by atoms with Crippen LogP contribution in [0.15, 0.2) is 53.0 Å². The standard InChI is InChI=1S/C22H25BrN4/c1-14-11-17(23)12-15(2)20(14)25-19-13-18(16-9-7-6-8-10-16)24-21(26-19)27-22(3,4)5/h6-13H,1-5H3,(H2,24,25,26,27). The van der Waals surface area contributed by atoms with Gasteiger partial charge in [0.2, 0.25) is 5.95 Å². The number of benzene rings is 2. The van der Waals surface area contributed by atoms with E-state index in [1.165, 1.54) is 0 Å². The zero-order chi connectivity index (χ0) is 19.6. The molecule has 140 valence electrons. The van der Waals surface area contributed by atoms with E-state index < -0.39 is 0 Å². The topological polar surface area (TPSA) is 49.8 Å². The molecule has 0 bridgehead atoms. The Labute approximate surface area is 169 Å². The third kappa shape index (κ3) is 5.07. The van der Waals surface area contributed by atoms with E-state index >= 15 is 0 Å². The van der Waals surface area contributed by atoms with Gasteiger partial charge in [-0.05, 0) is 57.9 Å². The first-order valence-electron chi connectivity index (χ1n) is 8.98. The fourth-order valence-electron chi connectivity index (χ4n) is 2.90. The van der Waals surface area contributed by atoms with E-state index in [4.69, 9.17) is 9.97 Å². The Kier molecular flexibility index (Phi) is 5.51. The largest absolute Gasteiger partial charge is 0.350 e. The van der Waals surface area contributed by atoms with Gasteiger partial charge < -0.3 is 10.6 Å². The second-order valence-electron chi connectivity index (χ2n) is 7.74. The Balaban J connectivity index is 2.05. The first-order valence-corrected chi connectivity index (χ1v) is 9.77. The smallest absolute Gasteiger partial charge is 0.225 e. The van der Waals surface area contributed by atoms with Crippen molar-refractivity contribution < 1.29 is 0 Å². The lowest BCUT2D eigenvalue weighted by Crippen LogP contribution is -2.27. The van der Waals surface area contributed by atoms with Crippen molar-refractivity contribution in [3.63, 3.8) is 0 Å². The number of halogens is 1. The molecular weight excluding hydrogens is 400 g/mol. The van der Waals surface area contributed by atoms with Crippen LogP contribution in [-0.4, -0.2) is 15.5 Å². The quantitative estimate of drug-likeness (QED) is 0.503. The van der Waals surface area contributed by atoms with Gasteiger partial charge in [-0.1, -0.05) is 46.3 Å². The van der Waals surface area contributed by atoms with Gasteiger partial charge in [0.1, 0.15) is 5.82 Å². The minimum absolute atomic E-state index is 0.129. The van der Waals surface area contributed by atoms with Crippen molar-refractivity contribution in [1.29, 1.82) is 0 Å². The van der Waals surface area contributed by atoms with E-state index in [1.54, 1.807) is 0 Å². The Morgan fingerprint density at radius 1 is 0.889 bits per heavy atom. The van der Waals surface area contributed by atoms with Crippen LogP contribution >= 0.6 is 15.9 Å². The molecule has 5 heteroatoms. The molecule has 0 aliphatic carbocycles. The van der Waals surface area contributed by atoms with Crippen molar-refractivity contribution in [3.8, 4) is 11.3 Å². The van der Waals surface area contributed by atoms with Crippen LogP contribution in [0.4, 0.5) is 17.5 Å². The van der Waals surface area contributed by atoms with Crippen LogP contribution in [0.1, 0.15) is 31.9 Å². The molecule has 2 aromatic carbocycles. The molecule has 0 saturated heterocycles. The number of anilines is 3. The molecule has 0 fully saturated rings. The normalized spacial score (nSPS) is 11.3. The summed E-state index contributed by atoms with van der Waals surface area (Å²) in [5, 5.41) is 6.88. The summed E-state index contributed by atoms with van der Waals surface area (Å²) in [6, 6.07) is 16.4. The first kappa shape index (κ1) is 19.4. The molecule has 4 nitrogen and oxygen atoms in total. The highest BCUT2D eigenvalue weighted by Gasteiger charge is 2.15. The number of nitrogens with one attached hydrogen (secondary N) is 2. The molecule has 0 saturated carbocycles. The van der Waals surface area contributed by atoms with Crippen LogP contribution in [0.25, 0.3) is 11.3 Å². The van der Waals surface area contributed by atoms with Crippen LogP contribution in [0.2, 0.25) is 0 Å². The fraction of sp³-hybridized carbons (Fsp3) is 0.273. The Hall–Kier alpha value is -2.40. The van der Waals surface area contributed by atoms with Crippen LogP contribution in [0.5, 0.6) is 0 Å². The van der Waals surface area contributed by atoms with Crippen molar-refractivity contribution in [3.05, 3.63) is 64.1 Å². The maximum absolute atomic E-state index is 4.72. The van der Waals surface area contributed by atoms with Crippen molar-refractivity contribution in [2.24, 2.45) is 0 Å². The van der Waals surface area contributed by atoms with Gasteiger partial charge in [0.15, 0.2) is 0 Å². The van der Waals surface area contributed by atoms with E-state index in [0.29, 0.717) is 5.95 Å². The predicted octanol–water partition coefficient (Wildman–Crippen LogP) is 6.48. The molecule has 0 aliphatic rings. The van der Waals surface area contributed by atoms with E-state index in [9.17, 15) is 0 Å². The lowest BCUT2D eigenvalue weighted by molar-refractivity contribution is 0.626. The Morgan fingerprint density at radius 3 is 2.11 bits per heavy atom. The Bertz CT molecular complexity index is 923. The van der Waals surface area contributed by atoms with Gasteiger partial charge in [0.25, 0.3) is 0 Å². The van der Waals surface area contributed by atoms with Crippen LogP contribution in [-0.2, 0) is 0 Å². The van der Waals surface area contributed by atoms with E-state index in [1.807, 2.05) is 24.3 Å². The second-order valence-corrected chi connectivity index (χ2v) is 8.66. The number of hydrogen-bond donors (Lipinski definition) is 2. The van der Waals surface area contributed by atoms with Gasteiger partial charge >= 0.3 is 0 Å². The molecule has 0 unspecified atom stereocenters. The molecule has 0 radical (unpaired) electrons. The summed E-state index contributed by atoms with van der Waals surface area (Å²) in [6.45, 7) is 10.5. The number of aromatic nitrogens is 2. The van der Waals surface area contributed by atoms with Gasteiger partial charge in [-0.3, -0.25) is 0 Å². The molecule has 0 amide bonds. The SMILES string of the molecule is Cc1cc(Br)cc(C)c1Nc1cc(-c2ccccc2)nc(NC(C)(C)C)n1. The molecule has 1 aromatic heterocycles. The highest BCUT2D eigenvalue weighted by atomic mass is 79.9. The molecule has 3 aromatic rings. The highest BCUT2D eigenvalue weighted by Crippen LogP contribution is 2.30. The highest BCUT2D eigenvalue weighted by molar-refractivity contribution is 9.10. The fourth-order valence-corrected chi connectivity index (χ4v) is 3.58. The zero-order valence-electron chi connectivity index (χ0n) is 16.4. The van der Waals surface area contributed by atoms with E-state index in [2.05, 4.69) is 85.4 Å². The van der Waals surface area contributed by atoms with Crippen LogP contribution in [0, 0.1) is 13.8 Å². The van der Waals surface area contributed by atoms with Gasteiger partial charge in [0, 0.05) is 27.3 Å². The molecule has 27 heavy (non-hydrogen) atoms. The summed E-state index contributed by atoms with van der Waals surface area (Å²) in [5.41, 5.74) is 5.20. The lowest BCUT2D eigenvalue weighted by Gasteiger charge is -2.22. The summed E-state index contributed by atoms with van der Waals surface area (Å²) in [7, 11) is 0. The lowest BCUT2D eigenvalue weighted by atomic mass is 10.1. The van der Waals surface area contributed by atoms with Gasteiger partial charge in [-0.25, -0.2) is 4.98 Å². The third-order valence-corrected chi connectivity index (χ3v) is 4.49. The van der Waals surface area contributed by atoms with Gasteiger partial charge in [0.05, 0.1) is 5.69 Å². The number of nitrogens with zero attached hydrogens (tertiary/aromatic N) is 2. The summed E-state index contributed by atoms with van der Waals surface area (Å²) in [5.74, 6) is 1.38. The summed E-state index contributed by atoms with van der Waals surface area (Å²) in [6.07, 6.45) is 0. The summed E-state index contributed by atoms with van der Waals surface area (Å²) in [4.78, 5) is 9.42. The molecule has 2 N–H and O–H groups in total. The minimum Gasteiger partial charge on any atom is -0.350 e. The third-order valence-electron chi connectivity index (χ3n) is 4.03. The number of aryl methyl sites for hydroxylation is 2. The van der Waals surface area contributed by atoms with Crippen molar-refractivity contribution in [1.82, 2.24) is 9.97 Å². The average molecular weight is 425 g/mol. The molecular formula is C22H25BrN4. The van der Waals surface area contributed by atoms with Crippen LogP contribution < -0.4 is 10.6 Å². The van der Waals surface area contributed by atoms with Crippen LogP contribution in [0.3, 0.4) is 0 Å². The maximum atomic E-state index is 4.72. The summed E-state index contributed by atoms with van der Waals surface area (Å²) < 4.78 is 1.07. The van der Waals surface area contributed by atoms with Crippen molar-refractivity contribution >= 4 is 33.4 Å². The Morgan fingerprint density at radius 2 is 1.52 bits per heavy atom. The van der Waals surface area contributed by atoms with Crippen molar-refractivity contribution in [2.75, 3.05) is 10.6 Å². The second kappa shape index (κ2) is 7.69. The molecule has 1 heterocycles. The average Bonchev–Trinajstić information content (AvgIpc) is 2.57. The number of rotatable bonds is 4. The predicted molar refractivity (Wildman–Crippen MR) is 118 cm³/mol. The van der Waals surface area contributed by atoms with E-state index in [-0.39, 0.29) is 5.54 Å². The van der Waals surface area contributed by atoms with Crippen molar-refractivity contribution in [2.45, 2.75) is 40.2 Å². The molecule has 0 aliphatic heterocycles. The summed E-state index contributed by atoms with van der Waals surface area (Å²) >= 11 is 3.56. The first-order chi connectivity index (χ1) is 12.7. The van der Waals surface area contributed by atoms with Gasteiger partial charge in [-0.15, -0.1) is 0 Å². The zero-order valence-corrected chi connectivity index (χ0v) is 18.0. The molecule has 0 spiro atoms. The minimum atomic E-state index is -0.129. The molecule has 0 atom stereocenters. The monoisotopic (exact) mass is 424 g/mol. The molecule has 3 rings (SSSR count). The van der Waals surface area contributed by atoms with Gasteiger partial charge in [-0.2, -0.15) is 4.98 Å². The number of hydrogen-bond acceptors (Lipinski definition) is 4. The van der Waals surface area contributed by atoms with E-state index in [0.717, 1.165) is 38.4 Å². The maximum Gasteiger partial charge on any atom is 0.225 e.